The second-order valence-electron chi connectivity index (χ2n) is 7.17. The highest BCUT2D eigenvalue weighted by Crippen LogP contribution is 2.55. The van der Waals surface area contributed by atoms with E-state index in [1.807, 2.05) is 9.64 Å². The first-order chi connectivity index (χ1) is 9.12. The van der Waals surface area contributed by atoms with Crippen molar-refractivity contribution in [1.82, 2.24) is 0 Å². The second-order valence-corrected chi connectivity index (χ2v) is 11.3. The first-order valence-electron chi connectivity index (χ1n) is 7.97. The van der Waals surface area contributed by atoms with Gasteiger partial charge in [-0.1, -0.05) is 60.6 Å². The van der Waals surface area contributed by atoms with Crippen LogP contribution in [0.15, 0.2) is 0 Å². The summed E-state index contributed by atoms with van der Waals surface area (Å²) in [5.41, 5.74) is 1.13. The van der Waals surface area contributed by atoms with E-state index >= 15 is 0 Å². The number of hydrogen-bond acceptors (Lipinski definition) is 1. The molecule has 0 aliphatic heterocycles. The maximum Gasteiger partial charge on any atom is 0.0429 e. The fraction of sp³-hybridized carbons (Fsp3) is 0.875. The van der Waals surface area contributed by atoms with Crippen LogP contribution in [0.5, 0.6) is 0 Å². The van der Waals surface area contributed by atoms with Crippen molar-refractivity contribution >= 4 is 26.5 Å². The van der Waals surface area contributed by atoms with Gasteiger partial charge in [0, 0.05) is 20.5 Å². The fourth-order valence-corrected chi connectivity index (χ4v) is 10.5. The van der Waals surface area contributed by atoms with Gasteiger partial charge in [0.05, 0.1) is 0 Å². The molecule has 2 aliphatic rings. The maximum absolute atomic E-state index is 2.55. The topological polar surface area (TPSA) is 0 Å². The lowest BCUT2D eigenvalue weighted by Gasteiger charge is -2.33. The second kappa shape index (κ2) is 5.75. The average Bonchev–Trinajstić information content (AvgIpc) is 2.91. The van der Waals surface area contributed by atoms with Gasteiger partial charge < -0.3 is 0 Å². The van der Waals surface area contributed by atoms with Crippen molar-refractivity contribution in [3.8, 4) is 0 Å². The first-order valence-corrected chi connectivity index (χ1v) is 11.2. The Morgan fingerprint density at radius 3 is 1.89 bits per heavy atom. The zero-order chi connectivity index (χ0) is 13.3. The van der Waals surface area contributed by atoms with E-state index in [1.165, 1.54) is 64.2 Å². The standard InChI is InChI=1S/C16H26P2S/c1-15(9-5-3-6-10-15)13-17-14(19-18-13)16(2)11-7-4-8-12-16/h3-12H2,1-2H3. The minimum absolute atomic E-state index is 0.560. The van der Waals surface area contributed by atoms with Crippen LogP contribution in [-0.4, -0.2) is 0 Å². The molecular weight excluding hydrogens is 286 g/mol. The van der Waals surface area contributed by atoms with Gasteiger partial charge in [0.1, 0.15) is 0 Å². The van der Waals surface area contributed by atoms with Gasteiger partial charge in [-0.05, 0) is 33.1 Å². The molecule has 0 unspecified atom stereocenters. The van der Waals surface area contributed by atoms with Crippen LogP contribution in [0.3, 0.4) is 0 Å². The summed E-state index contributed by atoms with van der Waals surface area (Å²) in [4.78, 5) is 0. The van der Waals surface area contributed by atoms with E-state index < -0.39 is 0 Å². The third-order valence-electron chi connectivity index (χ3n) is 5.40. The van der Waals surface area contributed by atoms with Crippen molar-refractivity contribution in [2.24, 2.45) is 0 Å². The van der Waals surface area contributed by atoms with Crippen molar-refractivity contribution in [3.05, 3.63) is 9.64 Å². The van der Waals surface area contributed by atoms with Crippen LogP contribution in [0.1, 0.15) is 87.7 Å². The van der Waals surface area contributed by atoms with E-state index in [2.05, 4.69) is 24.8 Å². The molecule has 2 saturated carbocycles. The fourth-order valence-electron chi connectivity index (χ4n) is 3.82. The Morgan fingerprint density at radius 1 is 0.789 bits per heavy atom. The lowest BCUT2D eigenvalue weighted by atomic mass is 9.77. The highest BCUT2D eigenvalue weighted by molar-refractivity contribution is 7.87. The van der Waals surface area contributed by atoms with E-state index in [-0.39, 0.29) is 0 Å². The molecule has 0 spiro atoms. The Kier molecular flexibility index (Phi) is 4.38. The Morgan fingerprint density at radius 2 is 1.32 bits per heavy atom. The molecule has 0 saturated heterocycles. The van der Waals surface area contributed by atoms with Crippen molar-refractivity contribution in [2.75, 3.05) is 0 Å². The predicted molar refractivity (Wildman–Crippen MR) is 90.2 cm³/mol. The van der Waals surface area contributed by atoms with Crippen LogP contribution < -0.4 is 0 Å². The van der Waals surface area contributed by atoms with Crippen LogP contribution >= 0.6 is 26.5 Å². The molecule has 2 aliphatic carbocycles. The molecule has 1 aromatic heterocycles. The zero-order valence-electron chi connectivity index (χ0n) is 12.4. The summed E-state index contributed by atoms with van der Waals surface area (Å²) in [5.74, 6) is 0. The number of rotatable bonds is 2. The molecule has 1 heterocycles. The van der Waals surface area contributed by atoms with Crippen LogP contribution in [0.4, 0.5) is 0 Å². The van der Waals surface area contributed by atoms with Crippen molar-refractivity contribution in [2.45, 2.75) is 88.9 Å². The van der Waals surface area contributed by atoms with E-state index in [0.29, 0.717) is 10.8 Å². The summed E-state index contributed by atoms with van der Waals surface area (Å²) < 4.78 is 1.82. The molecule has 2 fully saturated rings. The molecule has 1 aromatic rings. The molecule has 0 radical (unpaired) electrons. The summed E-state index contributed by atoms with van der Waals surface area (Å²) in [5, 5.41) is 1.85. The van der Waals surface area contributed by atoms with Gasteiger partial charge in [-0.15, -0.1) is 10.9 Å². The van der Waals surface area contributed by atoms with E-state index in [9.17, 15) is 0 Å². The third kappa shape index (κ3) is 2.95. The Hall–Kier alpha value is 0.560. The molecule has 0 bridgehead atoms. The lowest BCUT2D eigenvalue weighted by molar-refractivity contribution is 0.327. The molecule has 3 rings (SSSR count). The molecular formula is C16H26P2S. The largest absolute Gasteiger partial charge is 0.111 e. The molecule has 0 nitrogen and oxygen atoms in total. The van der Waals surface area contributed by atoms with Gasteiger partial charge >= 0.3 is 0 Å². The first kappa shape index (κ1) is 14.5. The van der Waals surface area contributed by atoms with Gasteiger partial charge in [0.15, 0.2) is 0 Å². The van der Waals surface area contributed by atoms with E-state index in [4.69, 9.17) is 0 Å². The normalized spacial score (nSPS) is 27.1. The summed E-state index contributed by atoms with van der Waals surface area (Å²) in [6.07, 6.45) is 14.6. The van der Waals surface area contributed by atoms with Gasteiger partial charge in [-0.2, -0.15) is 0 Å². The quantitative estimate of drug-likeness (QED) is 0.535. The smallest absolute Gasteiger partial charge is 0.0429 e. The van der Waals surface area contributed by atoms with Crippen molar-refractivity contribution in [1.29, 1.82) is 0 Å². The monoisotopic (exact) mass is 312 g/mol. The summed E-state index contributed by atoms with van der Waals surface area (Å²) in [6.45, 7) is 5.09. The Bertz CT molecular complexity index is 387. The molecule has 0 amide bonds. The molecule has 0 atom stereocenters. The summed E-state index contributed by atoms with van der Waals surface area (Å²) in [6, 6.07) is 0. The van der Waals surface area contributed by atoms with Gasteiger partial charge in [0.2, 0.25) is 0 Å². The Labute approximate surface area is 125 Å². The lowest BCUT2D eigenvalue weighted by Crippen LogP contribution is -2.24. The SMILES string of the molecule is CC1(c2psc(C3(C)CCCCC3)p2)CCCCC1. The minimum Gasteiger partial charge on any atom is -0.111 e. The predicted octanol–water partition coefficient (Wildman–Crippen LogP) is 7.35. The van der Waals surface area contributed by atoms with Gasteiger partial charge in [-0.25, -0.2) is 0 Å². The van der Waals surface area contributed by atoms with Crippen LogP contribution in [-0.2, 0) is 10.8 Å². The third-order valence-corrected chi connectivity index (χ3v) is 11.7. The average molecular weight is 312 g/mol. The van der Waals surface area contributed by atoms with Crippen molar-refractivity contribution < 1.29 is 0 Å². The molecule has 106 valence electrons. The van der Waals surface area contributed by atoms with Crippen molar-refractivity contribution in [3.63, 3.8) is 0 Å². The Balaban J connectivity index is 1.82. The van der Waals surface area contributed by atoms with Gasteiger partial charge in [-0.3, -0.25) is 0 Å². The minimum atomic E-state index is 0.560. The van der Waals surface area contributed by atoms with Crippen LogP contribution in [0, 0.1) is 0 Å². The summed E-state index contributed by atoms with van der Waals surface area (Å²) >= 11 is 0. The molecule has 3 heteroatoms. The molecule has 0 aromatic carbocycles. The molecule has 19 heavy (non-hydrogen) atoms. The highest BCUT2D eigenvalue weighted by atomic mass is 32.5. The van der Waals surface area contributed by atoms with E-state index in [0.717, 1.165) is 0 Å². The van der Waals surface area contributed by atoms with Crippen LogP contribution in [0.25, 0.3) is 0 Å². The van der Waals surface area contributed by atoms with Crippen LogP contribution in [0.2, 0.25) is 0 Å². The molecule has 0 N–H and O–H groups in total. The number of hydrogen-bond donors (Lipinski definition) is 0. The maximum atomic E-state index is 2.55. The van der Waals surface area contributed by atoms with E-state index in [1.54, 1.807) is 15.6 Å². The van der Waals surface area contributed by atoms with Gasteiger partial charge in [0.25, 0.3) is 0 Å². The summed E-state index contributed by atoms with van der Waals surface area (Å²) in [7, 11) is 5.43. The zero-order valence-corrected chi connectivity index (χ0v) is 15.0. The highest BCUT2D eigenvalue weighted by Gasteiger charge is 2.35.